The smallest absolute Gasteiger partial charge is 0.338 e. The molecule has 0 saturated heterocycles. The molecule has 1 heterocycles. The molecule has 110 valence electrons. The summed E-state index contributed by atoms with van der Waals surface area (Å²) in [6, 6.07) is 4.69. The highest BCUT2D eigenvalue weighted by Crippen LogP contribution is 2.32. The second-order valence-electron chi connectivity index (χ2n) is 4.38. The first-order valence-corrected chi connectivity index (χ1v) is 6.87. The maximum atomic E-state index is 12.8. The minimum Gasteiger partial charge on any atom is -0.478 e. The van der Waals surface area contributed by atoms with E-state index in [9.17, 15) is 19.1 Å². The molecular formula is C14H13FN2O3S. The van der Waals surface area contributed by atoms with Gasteiger partial charge in [-0.3, -0.25) is 5.32 Å². The highest BCUT2D eigenvalue weighted by atomic mass is 32.1. The molecule has 0 fully saturated rings. The highest BCUT2D eigenvalue weighted by molar-refractivity contribution is 7.16. The minimum absolute atomic E-state index is 0.0896. The molecule has 3 N–H and O–H groups in total. The van der Waals surface area contributed by atoms with Crippen molar-refractivity contribution in [2.45, 2.75) is 13.8 Å². The molecule has 0 unspecified atom stereocenters. The number of aryl methyl sites for hydroxylation is 1. The van der Waals surface area contributed by atoms with Crippen LogP contribution in [0.25, 0.3) is 0 Å². The van der Waals surface area contributed by atoms with Crippen molar-refractivity contribution >= 4 is 34.0 Å². The Hall–Kier alpha value is -2.41. The second-order valence-corrected chi connectivity index (χ2v) is 5.60. The maximum absolute atomic E-state index is 12.8. The van der Waals surface area contributed by atoms with E-state index in [-0.39, 0.29) is 10.6 Å². The third-order valence-corrected chi connectivity index (χ3v) is 4.05. The third-order valence-electron chi connectivity index (χ3n) is 2.93. The first kappa shape index (κ1) is 15.0. The molecule has 7 heteroatoms. The number of benzene rings is 1. The Morgan fingerprint density at radius 2 is 1.76 bits per heavy atom. The van der Waals surface area contributed by atoms with E-state index in [2.05, 4.69) is 10.6 Å². The number of halogens is 1. The predicted octanol–water partition coefficient (Wildman–Crippen LogP) is 3.85. The van der Waals surface area contributed by atoms with E-state index in [0.717, 1.165) is 4.88 Å². The summed E-state index contributed by atoms with van der Waals surface area (Å²) < 4.78 is 12.8. The van der Waals surface area contributed by atoms with Gasteiger partial charge in [0, 0.05) is 10.6 Å². The summed E-state index contributed by atoms with van der Waals surface area (Å²) in [4.78, 5) is 23.9. The van der Waals surface area contributed by atoms with Crippen LogP contribution in [0.3, 0.4) is 0 Å². The number of hydrogen-bond donors (Lipinski definition) is 3. The Labute approximate surface area is 124 Å². The Balaban J connectivity index is 2.15. The van der Waals surface area contributed by atoms with Crippen LogP contribution in [0.15, 0.2) is 24.3 Å². The molecule has 21 heavy (non-hydrogen) atoms. The topological polar surface area (TPSA) is 78.4 Å². The van der Waals surface area contributed by atoms with Gasteiger partial charge in [0.25, 0.3) is 0 Å². The summed E-state index contributed by atoms with van der Waals surface area (Å²) in [6.45, 7) is 3.48. The number of nitrogens with one attached hydrogen (secondary N) is 2. The number of carboxylic acid groups (broad SMARTS) is 1. The van der Waals surface area contributed by atoms with E-state index in [1.165, 1.54) is 35.6 Å². The molecule has 2 rings (SSSR count). The zero-order chi connectivity index (χ0) is 15.6. The second kappa shape index (κ2) is 5.92. The van der Waals surface area contributed by atoms with Gasteiger partial charge in [0.2, 0.25) is 0 Å². The van der Waals surface area contributed by atoms with E-state index >= 15 is 0 Å². The summed E-state index contributed by atoms with van der Waals surface area (Å²) >= 11 is 1.20. The average Bonchev–Trinajstić information content (AvgIpc) is 2.67. The zero-order valence-electron chi connectivity index (χ0n) is 11.4. The molecule has 0 radical (unpaired) electrons. The molecule has 0 aliphatic heterocycles. The van der Waals surface area contributed by atoms with Gasteiger partial charge >= 0.3 is 12.0 Å². The SMILES string of the molecule is Cc1sc(NC(=O)Nc2ccc(F)cc2)c(C(=O)O)c1C. The minimum atomic E-state index is -1.09. The lowest BCUT2D eigenvalue weighted by molar-refractivity contribution is 0.0697. The third kappa shape index (κ3) is 3.38. The van der Waals surface area contributed by atoms with E-state index in [1.807, 2.05) is 0 Å². The Morgan fingerprint density at radius 3 is 2.33 bits per heavy atom. The first-order valence-electron chi connectivity index (χ1n) is 6.05. The molecule has 1 aromatic carbocycles. The van der Waals surface area contributed by atoms with Crippen LogP contribution < -0.4 is 10.6 Å². The van der Waals surface area contributed by atoms with Crippen LogP contribution in [0, 0.1) is 19.7 Å². The van der Waals surface area contributed by atoms with Crippen LogP contribution in [0.2, 0.25) is 0 Å². The number of urea groups is 1. The van der Waals surface area contributed by atoms with E-state index in [1.54, 1.807) is 13.8 Å². The number of rotatable bonds is 3. The number of hydrogen-bond acceptors (Lipinski definition) is 3. The lowest BCUT2D eigenvalue weighted by atomic mass is 10.1. The van der Waals surface area contributed by atoms with Crippen LogP contribution in [0.1, 0.15) is 20.8 Å². The van der Waals surface area contributed by atoms with Crippen molar-refractivity contribution < 1.29 is 19.1 Å². The summed E-state index contributed by atoms with van der Waals surface area (Å²) in [6.07, 6.45) is 0. The van der Waals surface area contributed by atoms with Crippen molar-refractivity contribution in [2.75, 3.05) is 10.6 Å². The number of carboxylic acids is 1. The quantitative estimate of drug-likeness (QED) is 0.806. The van der Waals surface area contributed by atoms with E-state index in [0.29, 0.717) is 11.3 Å². The van der Waals surface area contributed by atoms with Gasteiger partial charge in [-0.2, -0.15) is 0 Å². The normalized spacial score (nSPS) is 10.2. The number of aromatic carboxylic acids is 1. The Bertz CT molecular complexity index is 695. The number of thiophene rings is 1. The fourth-order valence-electron chi connectivity index (χ4n) is 1.77. The van der Waals surface area contributed by atoms with Crippen molar-refractivity contribution in [1.29, 1.82) is 0 Å². The molecule has 0 bridgehead atoms. The molecule has 5 nitrogen and oxygen atoms in total. The van der Waals surface area contributed by atoms with Crippen molar-refractivity contribution in [2.24, 2.45) is 0 Å². The van der Waals surface area contributed by atoms with Gasteiger partial charge in [0.1, 0.15) is 10.8 Å². The summed E-state index contributed by atoms with van der Waals surface area (Å²) in [5, 5.41) is 14.5. The summed E-state index contributed by atoms with van der Waals surface area (Å²) in [5.41, 5.74) is 1.13. The number of anilines is 2. The molecule has 0 spiro atoms. The van der Waals surface area contributed by atoms with Crippen LogP contribution in [-0.4, -0.2) is 17.1 Å². The first-order chi connectivity index (χ1) is 9.88. The van der Waals surface area contributed by atoms with Gasteiger partial charge in [-0.25, -0.2) is 14.0 Å². The van der Waals surface area contributed by atoms with Gasteiger partial charge < -0.3 is 10.4 Å². The Morgan fingerprint density at radius 1 is 1.14 bits per heavy atom. The number of amides is 2. The molecule has 0 aliphatic carbocycles. The van der Waals surface area contributed by atoms with Crippen LogP contribution in [0.5, 0.6) is 0 Å². The van der Waals surface area contributed by atoms with E-state index in [4.69, 9.17) is 0 Å². The molecule has 0 atom stereocenters. The van der Waals surface area contributed by atoms with Crippen molar-refractivity contribution in [3.63, 3.8) is 0 Å². The fraction of sp³-hybridized carbons (Fsp3) is 0.143. The highest BCUT2D eigenvalue weighted by Gasteiger charge is 2.20. The standard InChI is InChI=1S/C14H13FN2O3S/c1-7-8(2)21-12(11(7)13(18)19)17-14(20)16-10-5-3-9(15)4-6-10/h3-6H,1-2H3,(H,18,19)(H2,16,17,20). The monoisotopic (exact) mass is 308 g/mol. The zero-order valence-corrected chi connectivity index (χ0v) is 12.2. The van der Waals surface area contributed by atoms with Crippen LogP contribution in [-0.2, 0) is 0 Å². The molecule has 2 aromatic rings. The van der Waals surface area contributed by atoms with Gasteiger partial charge in [-0.15, -0.1) is 11.3 Å². The fourth-order valence-corrected chi connectivity index (χ4v) is 2.82. The Kier molecular flexibility index (Phi) is 4.23. The molecule has 0 saturated carbocycles. The molecular weight excluding hydrogens is 295 g/mol. The van der Waals surface area contributed by atoms with Gasteiger partial charge in [0.05, 0.1) is 5.56 Å². The van der Waals surface area contributed by atoms with Crippen LogP contribution >= 0.6 is 11.3 Å². The molecule has 1 aromatic heterocycles. The molecule has 0 aliphatic rings. The predicted molar refractivity (Wildman–Crippen MR) is 79.8 cm³/mol. The summed E-state index contributed by atoms with van der Waals surface area (Å²) in [5.74, 6) is -1.49. The van der Waals surface area contributed by atoms with Gasteiger partial charge in [-0.05, 0) is 43.7 Å². The average molecular weight is 308 g/mol. The van der Waals surface area contributed by atoms with Crippen molar-refractivity contribution in [3.05, 3.63) is 46.1 Å². The lowest BCUT2D eigenvalue weighted by Crippen LogP contribution is -2.20. The number of carbonyl (C=O) groups excluding carboxylic acids is 1. The largest absolute Gasteiger partial charge is 0.478 e. The summed E-state index contributed by atoms with van der Waals surface area (Å²) in [7, 11) is 0. The molecule has 2 amide bonds. The lowest BCUT2D eigenvalue weighted by Gasteiger charge is -2.07. The van der Waals surface area contributed by atoms with Crippen molar-refractivity contribution in [3.8, 4) is 0 Å². The van der Waals surface area contributed by atoms with Crippen molar-refractivity contribution in [1.82, 2.24) is 0 Å². The van der Waals surface area contributed by atoms with Crippen LogP contribution in [0.4, 0.5) is 19.9 Å². The van der Waals surface area contributed by atoms with Gasteiger partial charge in [-0.1, -0.05) is 0 Å². The van der Waals surface area contributed by atoms with Gasteiger partial charge in [0.15, 0.2) is 0 Å². The van der Waals surface area contributed by atoms with E-state index < -0.39 is 17.8 Å². The maximum Gasteiger partial charge on any atom is 0.338 e. The number of carbonyl (C=O) groups is 2.